The second-order valence-electron chi connectivity index (χ2n) is 10.7. The molecule has 172 valence electrons. The Kier molecular flexibility index (Phi) is 5.72. The molecule has 0 unspecified atom stereocenters. The van der Waals surface area contributed by atoms with Gasteiger partial charge in [0.05, 0.1) is 0 Å². The number of hydrogen-bond acceptors (Lipinski definition) is 6. The van der Waals surface area contributed by atoms with Gasteiger partial charge in [-0.05, 0) is 74.2 Å². The van der Waals surface area contributed by atoms with Gasteiger partial charge in [0.1, 0.15) is 18.0 Å². The van der Waals surface area contributed by atoms with E-state index in [1.54, 1.807) is 0 Å². The van der Waals surface area contributed by atoms with E-state index in [4.69, 9.17) is 14.2 Å². The number of allylic oxidation sites excluding steroid dienone is 2. The van der Waals surface area contributed by atoms with Gasteiger partial charge in [0.25, 0.3) is 0 Å². The summed E-state index contributed by atoms with van der Waals surface area (Å²) in [5.41, 5.74) is -0.0864. The van der Waals surface area contributed by atoms with Crippen molar-refractivity contribution >= 4 is 17.9 Å². The molecule has 4 aliphatic rings. The molecule has 0 N–H and O–H groups in total. The van der Waals surface area contributed by atoms with E-state index in [1.807, 2.05) is 0 Å². The minimum atomic E-state index is -0.257. The van der Waals surface area contributed by atoms with Crippen LogP contribution in [0.3, 0.4) is 0 Å². The number of carbonyl (C=O) groups excluding carboxylic acids is 3. The van der Waals surface area contributed by atoms with Crippen LogP contribution in [0.4, 0.5) is 0 Å². The maximum Gasteiger partial charge on any atom is 0.307 e. The van der Waals surface area contributed by atoms with Gasteiger partial charge in [-0.3, -0.25) is 14.4 Å². The van der Waals surface area contributed by atoms with E-state index < -0.39 is 0 Å². The lowest BCUT2D eigenvalue weighted by atomic mass is 9.44. The van der Waals surface area contributed by atoms with Gasteiger partial charge in [-0.1, -0.05) is 13.8 Å². The Labute approximate surface area is 185 Å². The van der Waals surface area contributed by atoms with Crippen LogP contribution >= 0.6 is 0 Å². The normalized spacial score (nSPS) is 43.6. The second-order valence-corrected chi connectivity index (χ2v) is 10.7. The molecule has 3 fully saturated rings. The van der Waals surface area contributed by atoms with Crippen molar-refractivity contribution in [3.05, 3.63) is 11.8 Å². The molecule has 6 heteroatoms. The minimum absolute atomic E-state index is 0.0468. The highest BCUT2D eigenvalue weighted by molar-refractivity contribution is 5.68. The number of esters is 3. The average Bonchev–Trinajstić information content (AvgIpc) is 2.98. The van der Waals surface area contributed by atoms with Gasteiger partial charge in [0.2, 0.25) is 0 Å². The molecule has 0 aliphatic heterocycles. The molecule has 0 aromatic rings. The Morgan fingerprint density at radius 1 is 0.871 bits per heavy atom. The van der Waals surface area contributed by atoms with E-state index in [2.05, 4.69) is 19.9 Å². The summed E-state index contributed by atoms with van der Waals surface area (Å²) in [7, 11) is 0. The fourth-order valence-electron chi connectivity index (χ4n) is 7.76. The monoisotopic (exact) mass is 432 g/mol. The number of rotatable bonds is 3. The van der Waals surface area contributed by atoms with Crippen molar-refractivity contribution in [2.45, 2.75) is 91.8 Å². The third kappa shape index (κ3) is 3.80. The van der Waals surface area contributed by atoms with Crippen molar-refractivity contribution in [1.29, 1.82) is 0 Å². The van der Waals surface area contributed by atoms with Crippen LogP contribution < -0.4 is 0 Å². The first kappa shape index (κ1) is 22.3. The largest absolute Gasteiger partial charge is 0.463 e. The smallest absolute Gasteiger partial charge is 0.307 e. The highest BCUT2D eigenvalue weighted by Gasteiger charge is 2.62. The lowest BCUT2D eigenvalue weighted by Crippen LogP contribution is -2.59. The molecule has 0 amide bonds. The molecule has 4 aliphatic carbocycles. The fourth-order valence-corrected chi connectivity index (χ4v) is 7.76. The van der Waals surface area contributed by atoms with Crippen LogP contribution in [-0.2, 0) is 28.6 Å². The average molecular weight is 433 g/mol. The van der Waals surface area contributed by atoms with Gasteiger partial charge in [0.15, 0.2) is 0 Å². The third-order valence-corrected chi connectivity index (χ3v) is 9.02. The van der Waals surface area contributed by atoms with Gasteiger partial charge >= 0.3 is 17.9 Å². The summed E-state index contributed by atoms with van der Waals surface area (Å²) in [6.07, 6.45) is 8.27. The molecule has 0 radical (unpaired) electrons. The molecule has 8 atom stereocenters. The van der Waals surface area contributed by atoms with Crippen molar-refractivity contribution in [3.63, 3.8) is 0 Å². The van der Waals surface area contributed by atoms with E-state index in [-0.39, 0.29) is 46.9 Å². The Morgan fingerprint density at radius 2 is 1.58 bits per heavy atom. The molecule has 3 saturated carbocycles. The van der Waals surface area contributed by atoms with E-state index in [0.29, 0.717) is 17.8 Å². The van der Waals surface area contributed by atoms with Crippen molar-refractivity contribution in [2.24, 2.45) is 34.5 Å². The van der Waals surface area contributed by atoms with Crippen LogP contribution in [0.25, 0.3) is 0 Å². The van der Waals surface area contributed by atoms with Crippen LogP contribution in [0.1, 0.15) is 79.6 Å². The molecule has 0 spiro atoms. The molecule has 0 aromatic heterocycles. The number of carbonyl (C=O) groups is 3. The van der Waals surface area contributed by atoms with Gasteiger partial charge in [-0.15, -0.1) is 0 Å². The zero-order valence-electron chi connectivity index (χ0n) is 19.4. The summed E-state index contributed by atoms with van der Waals surface area (Å²) in [5.74, 6) is 1.62. The summed E-state index contributed by atoms with van der Waals surface area (Å²) < 4.78 is 17.1. The molecule has 0 aromatic carbocycles. The molecule has 0 bridgehead atoms. The Morgan fingerprint density at radius 3 is 2.23 bits per heavy atom. The van der Waals surface area contributed by atoms with Gasteiger partial charge in [0, 0.05) is 32.1 Å². The van der Waals surface area contributed by atoms with Gasteiger partial charge < -0.3 is 14.2 Å². The van der Waals surface area contributed by atoms with E-state index in [0.717, 1.165) is 50.7 Å². The second kappa shape index (κ2) is 7.93. The molecule has 6 nitrogen and oxygen atoms in total. The van der Waals surface area contributed by atoms with E-state index in [9.17, 15) is 14.4 Å². The fraction of sp³-hybridized carbons (Fsp3) is 0.800. The third-order valence-electron chi connectivity index (χ3n) is 9.02. The maximum atomic E-state index is 12.0. The van der Waals surface area contributed by atoms with Gasteiger partial charge in [-0.2, -0.15) is 0 Å². The molecular formula is C25H36O6. The van der Waals surface area contributed by atoms with Crippen molar-refractivity contribution in [3.8, 4) is 0 Å². The molecule has 4 rings (SSSR count). The van der Waals surface area contributed by atoms with Crippen molar-refractivity contribution in [2.75, 3.05) is 0 Å². The lowest BCUT2D eigenvalue weighted by Gasteiger charge is -2.62. The summed E-state index contributed by atoms with van der Waals surface area (Å²) in [6.45, 7) is 9.02. The first-order valence-corrected chi connectivity index (χ1v) is 11.8. The first-order valence-electron chi connectivity index (χ1n) is 11.8. The van der Waals surface area contributed by atoms with Crippen LogP contribution in [0, 0.1) is 34.5 Å². The van der Waals surface area contributed by atoms with E-state index in [1.165, 1.54) is 20.8 Å². The van der Waals surface area contributed by atoms with Crippen LogP contribution in [0.15, 0.2) is 11.8 Å². The first-order chi connectivity index (χ1) is 14.5. The summed E-state index contributed by atoms with van der Waals surface area (Å²) in [6, 6.07) is 0. The SMILES string of the molecule is CC(=O)OC1=CC[C@H]2[C@@H]3C[C@H](OC(C)=O)[C@H]4C[C@@H](OC(C)=O)CC[C@]4(C)[C@H]3CC[C@]12C. The van der Waals surface area contributed by atoms with Crippen LogP contribution in [0.2, 0.25) is 0 Å². The molecular weight excluding hydrogens is 396 g/mol. The van der Waals surface area contributed by atoms with E-state index >= 15 is 0 Å². The Hall–Kier alpha value is -1.85. The van der Waals surface area contributed by atoms with Crippen LogP contribution in [-0.4, -0.2) is 30.1 Å². The highest BCUT2D eigenvalue weighted by Crippen LogP contribution is 2.66. The zero-order valence-corrected chi connectivity index (χ0v) is 19.4. The quantitative estimate of drug-likeness (QED) is 0.481. The predicted octanol–water partition coefficient (Wildman–Crippen LogP) is 4.56. The predicted molar refractivity (Wildman–Crippen MR) is 113 cm³/mol. The maximum absolute atomic E-state index is 12.0. The topological polar surface area (TPSA) is 78.9 Å². The number of ether oxygens (including phenoxy) is 3. The highest BCUT2D eigenvalue weighted by atomic mass is 16.6. The number of hydrogen-bond donors (Lipinski definition) is 0. The standard InChI is InChI=1S/C25H36O6/c1-14(26)29-17-8-10-24(4)20-9-11-25(5)19(6-7-23(25)31-16(3)28)18(20)13-22(21(24)12-17)30-15(2)27/h7,17-22H,6,8-13H2,1-5H3/t17-,18-,19-,20-,21+,22-,24+,25-/m0/s1. The van der Waals surface area contributed by atoms with Crippen LogP contribution in [0.5, 0.6) is 0 Å². The van der Waals surface area contributed by atoms with Crippen molar-refractivity contribution < 1.29 is 28.6 Å². The lowest BCUT2D eigenvalue weighted by molar-refractivity contribution is -0.195. The Bertz CT molecular complexity index is 802. The summed E-state index contributed by atoms with van der Waals surface area (Å²) >= 11 is 0. The van der Waals surface area contributed by atoms with Crippen molar-refractivity contribution in [1.82, 2.24) is 0 Å². The summed E-state index contributed by atoms with van der Waals surface area (Å²) in [5, 5.41) is 0. The molecule has 0 saturated heterocycles. The van der Waals surface area contributed by atoms with Gasteiger partial charge in [-0.25, -0.2) is 0 Å². The molecule has 0 heterocycles. The Balaban J connectivity index is 1.62. The molecule has 31 heavy (non-hydrogen) atoms. The zero-order chi connectivity index (χ0) is 22.6. The number of fused-ring (bicyclic) bond motifs is 5. The summed E-state index contributed by atoms with van der Waals surface area (Å²) in [4.78, 5) is 35.2. The minimum Gasteiger partial charge on any atom is -0.463 e.